The molecule has 0 unspecified atom stereocenters. The summed E-state index contributed by atoms with van der Waals surface area (Å²) >= 11 is 0. The Kier molecular flexibility index (Phi) is 3.46. The van der Waals surface area contributed by atoms with E-state index in [4.69, 9.17) is 0 Å². The summed E-state index contributed by atoms with van der Waals surface area (Å²) in [6, 6.07) is 21.2. The summed E-state index contributed by atoms with van der Waals surface area (Å²) < 4.78 is 0. The van der Waals surface area contributed by atoms with Gasteiger partial charge < -0.3 is 0 Å². The van der Waals surface area contributed by atoms with Gasteiger partial charge in [0.2, 0.25) is 0 Å². The van der Waals surface area contributed by atoms with Crippen molar-refractivity contribution in [3.8, 4) is 0 Å². The smallest absolute Gasteiger partial charge is 0.143 e. The Morgan fingerprint density at radius 2 is 1.38 bits per heavy atom. The van der Waals surface area contributed by atoms with Crippen LogP contribution in [0, 0.1) is 22.7 Å². The molecular formula is C23H26O. The van der Waals surface area contributed by atoms with E-state index in [0.717, 1.165) is 6.42 Å². The number of ketones is 1. The first-order valence-corrected chi connectivity index (χ1v) is 9.11. The number of carbonyl (C=O) groups excluding carboxylic acids is 1. The zero-order valence-electron chi connectivity index (χ0n) is 14.8. The molecule has 2 aromatic carbocycles. The second-order valence-corrected chi connectivity index (χ2v) is 8.39. The molecule has 2 fully saturated rings. The lowest BCUT2D eigenvalue weighted by Crippen LogP contribution is -2.35. The van der Waals surface area contributed by atoms with Gasteiger partial charge in [-0.1, -0.05) is 81.4 Å². The summed E-state index contributed by atoms with van der Waals surface area (Å²) in [6.45, 7) is 6.84. The minimum absolute atomic E-state index is 0.0938. The van der Waals surface area contributed by atoms with E-state index in [1.807, 2.05) is 0 Å². The van der Waals surface area contributed by atoms with Crippen molar-refractivity contribution in [2.75, 3.05) is 0 Å². The molecule has 124 valence electrons. The Morgan fingerprint density at radius 1 is 0.875 bits per heavy atom. The lowest BCUT2D eigenvalue weighted by atomic mass is 9.70. The average Bonchev–Trinajstić information content (AvgIpc) is 2.91. The Hall–Kier alpha value is -1.89. The molecule has 2 aromatic rings. The van der Waals surface area contributed by atoms with Gasteiger partial charge in [0.05, 0.1) is 0 Å². The van der Waals surface area contributed by atoms with E-state index in [0.29, 0.717) is 11.7 Å². The maximum absolute atomic E-state index is 13.5. The van der Waals surface area contributed by atoms with Gasteiger partial charge in [-0.15, -0.1) is 0 Å². The fraction of sp³-hybridized carbons (Fsp3) is 0.435. The minimum atomic E-state index is -0.163. The second kappa shape index (κ2) is 5.31. The van der Waals surface area contributed by atoms with Crippen LogP contribution in [0.25, 0.3) is 0 Å². The first kappa shape index (κ1) is 15.6. The van der Waals surface area contributed by atoms with Crippen LogP contribution in [0.1, 0.15) is 50.7 Å². The van der Waals surface area contributed by atoms with Crippen LogP contribution in [0.15, 0.2) is 60.7 Å². The fourth-order valence-corrected chi connectivity index (χ4v) is 5.47. The van der Waals surface area contributed by atoms with Gasteiger partial charge in [0, 0.05) is 17.3 Å². The van der Waals surface area contributed by atoms with Crippen LogP contribution in [0.3, 0.4) is 0 Å². The van der Waals surface area contributed by atoms with Gasteiger partial charge >= 0.3 is 0 Å². The first-order valence-electron chi connectivity index (χ1n) is 9.11. The summed E-state index contributed by atoms with van der Waals surface area (Å²) in [5.41, 5.74) is 2.48. The lowest BCUT2D eigenvalue weighted by Gasteiger charge is -2.32. The highest BCUT2D eigenvalue weighted by atomic mass is 16.1. The van der Waals surface area contributed by atoms with E-state index < -0.39 is 0 Å². The molecule has 0 heterocycles. The van der Waals surface area contributed by atoms with Crippen molar-refractivity contribution in [2.24, 2.45) is 22.7 Å². The molecule has 0 radical (unpaired) electrons. The number of carbonyl (C=O) groups is 1. The van der Waals surface area contributed by atoms with Crippen molar-refractivity contribution in [3.05, 3.63) is 71.8 Å². The number of hydrogen-bond donors (Lipinski definition) is 0. The lowest BCUT2D eigenvalue weighted by molar-refractivity contribution is -0.132. The highest BCUT2D eigenvalue weighted by molar-refractivity contribution is 5.93. The number of hydrogen-bond acceptors (Lipinski definition) is 1. The molecular weight excluding hydrogens is 292 g/mol. The molecule has 0 N–H and O–H groups in total. The van der Waals surface area contributed by atoms with Gasteiger partial charge in [-0.2, -0.15) is 0 Å². The number of benzene rings is 2. The third-order valence-electron chi connectivity index (χ3n) is 7.26. The van der Waals surface area contributed by atoms with Gasteiger partial charge in [0.1, 0.15) is 5.78 Å². The summed E-state index contributed by atoms with van der Waals surface area (Å²) in [5, 5.41) is 0. The molecule has 0 spiro atoms. The van der Waals surface area contributed by atoms with Crippen molar-refractivity contribution in [3.63, 3.8) is 0 Å². The number of Topliss-reactive ketones (excluding diaryl/α,β-unsaturated/α-hetero) is 1. The van der Waals surface area contributed by atoms with Gasteiger partial charge in [-0.05, 0) is 35.3 Å². The zero-order valence-corrected chi connectivity index (χ0v) is 14.8. The summed E-state index contributed by atoms with van der Waals surface area (Å²) in [4.78, 5) is 13.5. The molecule has 24 heavy (non-hydrogen) atoms. The normalized spacial score (nSPS) is 30.9. The standard InChI is InChI=1S/C23H26O/c1-22(2)18-14-15-23(22,3)21(24)20(18)19(16-10-6-4-7-11-16)17-12-8-5-9-13-17/h4-13,18-20H,14-15H2,1-3H3/t18-,20+,23+/m1/s1. The first-order chi connectivity index (χ1) is 11.5. The maximum atomic E-state index is 13.5. The van der Waals surface area contributed by atoms with Crippen LogP contribution in [0.2, 0.25) is 0 Å². The number of rotatable bonds is 3. The van der Waals surface area contributed by atoms with Gasteiger partial charge in [0.15, 0.2) is 0 Å². The van der Waals surface area contributed by atoms with Crippen LogP contribution < -0.4 is 0 Å². The molecule has 3 atom stereocenters. The van der Waals surface area contributed by atoms with Crippen LogP contribution in [-0.2, 0) is 4.79 Å². The molecule has 1 nitrogen and oxygen atoms in total. The molecule has 2 aliphatic carbocycles. The Bertz CT molecular complexity index is 707. The van der Waals surface area contributed by atoms with E-state index in [1.165, 1.54) is 17.5 Å². The average molecular weight is 318 g/mol. The Labute approximate surface area is 145 Å². The topological polar surface area (TPSA) is 17.1 Å². The van der Waals surface area contributed by atoms with Crippen LogP contribution >= 0.6 is 0 Å². The highest BCUT2D eigenvalue weighted by Crippen LogP contribution is 2.68. The summed E-state index contributed by atoms with van der Waals surface area (Å²) in [5.74, 6) is 1.23. The maximum Gasteiger partial charge on any atom is 0.143 e. The minimum Gasteiger partial charge on any atom is -0.299 e. The number of fused-ring (bicyclic) bond motifs is 2. The SMILES string of the molecule is CC1(C)[C@@H]2CC[C@@]1(C)C(=O)[C@@H]2C(c1ccccc1)c1ccccc1. The Balaban J connectivity index is 1.86. The van der Waals surface area contributed by atoms with Crippen LogP contribution in [0.5, 0.6) is 0 Å². The van der Waals surface area contributed by atoms with E-state index >= 15 is 0 Å². The van der Waals surface area contributed by atoms with Gasteiger partial charge in [-0.3, -0.25) is 4.79 Å². The second-order valence-electron chi connectivity index (χ2n) is 8.39. The molecule has 1 heteroatoms. The van der Waals surface area contributed by atoms with Crippen molar-refractivity contribution in [2.45, 2.75) is 39.5 Å². The molecule has 4 rings (SSSR count). The van der Waals surface area contributed by atoms with E-state index in [1.54, 1.807) is 0 Å². The van der Waals surface area contributed by atoms with Crippen molar-refractivity contribution >= 4 is 5.78 Å². The monoisotopic (exact) mass is 318 g/mol. The molecule has 0 aromatic heterocycles. The molecule has 0 saturated heterocycles. The fourth-order valence-electron chi connectivity index (χ4n) is 5.47. The molecule has 2 saturated carbocycles. The molecule has 0 aliphatic heterocycles. The zero-order chi connectivity index (χ0) is 16.9. The van der Waals surface area contributed by atoms with Gasteiger partial charge in [-0.25, -0.2) is 0 Å². The van der Waals surface area contributed by atoms with Crippen molar-refractivity contribution < 1.29 is 4.79 Å². The predicted octanol–water partition coefficient (Wildman–Crippen LogP) is 5.46. The van der Waals surface area contributed by atoms with E-state index in [-0.39, 0.29) is 22.7 Å². The Morgan fingerprint density at radius 3 is 1.79 bits per heavy atom. The molecule has 0 amide bonds. The van der Waals surface area contributed by atoms with Gasteiger partial charge in [0.25, 0.3) is 0 Å². The van der Waals surface area contributed by atoms with Crippen LogP contribution in [0.4, 0.5) is 0 Å². The molecule has 2 bridgehead atoms. The third kappa shape index (κ3) is 1.97. The summed E-state index contributed by atoms with van der Waals surface area (Å²) in [7, 11) is 0. The highest BCUT2D eigenvalue weighted by Gasteiger charge is 2.67. The van der Waals surface area contributed by atoms with Crippen molar-refractivity contribution in [1.29, 1.82) is 0 Å². The third-order valence-corrected chi connectivity index (χ3v) is 7.26. The predicted molar refractivity (Wildman–Crippen MR) is 97.8 cm³/mol. The van der Waals surface area contributed by atoms with Crippen LogP contribution in [-0.4, -0.2) is 5.78 Å². The quantitative estimate of drug-likeness (QED) is 0.734. The largest absolute Gasteiger partial charge is 0.299 e. The van der Waals surface area contributed by atoms with E-state index in [9.17, 15) is 4.79 Å². The van der Waals surface area contributed by atoms with E-state index in [2.05, 4.69) is 81.4 Å². The summed E-state index contributed by atoms with van der Waals surface area (Å²) in [6.07, 6.45) is 2.23. The molecule has 2 aliphatic rings. The van der Waals surface area contributed by atoms with Crippen molar-refractivity contribution in [1.82, 2.24) is 0 Å².